The van der Waals surface area contributed by atoms with Crippen LogP contribution in [0.4, 0.5) is 11.5 Å². The van der Waals surface area contributed by atoms with E-state index in [4.69, 9.17) is 4.74 Å². The highest BCUT2D eigenvalue weighted by Crippen LogP contribution is 2.27. The zero-order chi connectivity index (χ0) is 19.8. The lowest BCUT2D eigenvalue weighted by Gasteiger charge is -2.22. The fourth-order valence-corrected chi connectivity index (χ4v) is 3.84. The Morgan fingerprint density at radius 2 is 1.96 bits per heavy atom. The number of pyridine rings is 1. The van der Waals surface area contributed by atoms with Gasteiger partial charge in [0, 0.05) is 23.2 Å². The molecule has 0 unspecified atom stereocenters. The van der Waals surface area contributed by atoms with Gasteiger partial charge in [0.15, 0.2) is 11.6 Å². The van der Waals surface area contributed by atoms with E-state index < -0.39 is 4.92 Å². The summed E-state index contributed by atoms with van der Waals surface area (Å²) in [6.07, 6.45) is 7.81. The van der Waals surface area contributed by atoms with Crippen LogP contribution in [0.15, 0.2) is 47.5 Å². The Labute approximate surface area is 168 Å². The fraction of sp³-hybridized carbons (Fsp3) is 0.400. The van der Waals surface area contributed by atoms with E-state index in [0.29, 0.717) is 24.1 Å². The highest BCUT2D eigenvalue weighted by Gasteiger charge is 2.16. The molecule has 3 rings (SSSR count). The molecule has 1 heterocycles. The number of ether oxygens (including phenoxy) is 1. The van der Waals surface area contributed by atoms with Crippen molar-refractivity contribution in [2.75, 3.05) is 17.7 Å². The van der Waals surface area contributed by atoms with E-state index in [9.17, 15) is 14.9 Å². The first-order valence-corrected chi connectivity index (χ1v) is 10.4. The van der Waals surface area contributed by atoms with Crippen molar-refractivity contribution in [1.82, 2.24) is 4.98 Å². The van der Waals surface area contributed by atoms with Crippen LogP contribution in [0.1, 0.15) is 32.1 Å². The lowest BCUT2D eigenvalue weighted by atomic mass is 9.90. The number of carbonyl (C=O) groups excluding carboxylic acids is 1. The molecule has 1 aliphatic carbocycles. The molecule has 1 fully saturated rings. The van der Waals surface area contributed by atoms with Gasteiger partial charge in [-0.25, -0.2) is 4.98 Å². The number of benzene rings is 1. The molecule has 1 aromatic carbocycles. The molecule has 1 saturated carbocycles. The minimum absolute atomic E-state index is 0.0297. The van der Waals surface area contributed by atoms with Gasteiger partial charge in [-0.2, -0.15) is 0 Å². The van der Waals surface area contributed by atoms with Crippen molar-refractivity contribution in [3.8, 4) is 5.75 Å². The number of nitro groups is 1. The van der Waals surface area contributed by atoms with Crippen LogP contribution in [0, 0.1) is 16.0 Å². The van der Waals surface area contributed by atoms with Crippen molar-refractivity contribution in [3.05, 3.63) is 52.7 Å². The molecule has 0 spiro atoms. The van der Waals surface area contributed by atoms with Gasteiger partial charge in [-0.3, -0.25) is 14.9 Å². The second-order valence-corrected chi connectivity index (χ2v) is 7.80. The number of carbonyl (C=O) groups is 1. The molecule has 0 atom stereocenters. The number of nitrogens with one attached hydrogen (secondary N) is 1. The molecule has 28 heavy (non-hydrogen) atoms. The molecule has 1 aromatic heterocycles. The molecule has 1 amide bonds. The summed E-state index contributed by atoms with van der Waals surface area (Å²) >= 11 is 1.31. The quantitative estimate of drug-likeness (QED) is 0.392. The predicted octanol–water partition coefficient (Wildman–Crippen LogP) is 4.68. The van der Waals surface area contributed by atoms with Crippen molar-refractivity contribution in [1.29, 1.82) is 0 Å². The van der Waals surface area contributed by atoms with E-state index in [0.717, 1.165) is 4.90 Å². The number of rotatable bonds is 8. The number of nitro benzene ring substituents is 1. The van der Waals surface area contributed by atoms with Crippen molar-refractivity contribution >= 4 is 29.2 Å². The Morgan fingerprint density at radius 3 is 2.68 bits per heavy atom. The number of aromatic nitrogens is 1. The number of hydrogen-bond acceptors (Lipinski definition) is 6. The van der Waals surface area contributed by atoms with Gasteiger partial charge < -0.3 is 10.1 Å². The number of thioether (sulfide) groups is 1. The zero-order valence-corrected chi connectivity index (χ0v) is 16.3. The summed E-state index contributed by atoms with van der Waals surface area (Å²) in [7, 11) is 0. The van der Waals surface area contributed by atoms with Crippen LogP contribution < -0.4 is 10.1 Å². The molecule has 148 valence electrons. The third-order valence-electron chi connectivity index (χ3n) is 4.65. The van der Waals surface area contributed by atoms with Crippen LogP contribution in [-0.2, 0) is 4.79 Å². The van der Waals surface area contributed by atoms with Gasteiger partial charge in [0.2, 0.25) is 5.91 Å². The van der Waals surface area contributed by atoms with Crippen molar-refractivity contribution < 1.29 is 14.5 Å². The molecule has 8 heteroatoms. The number of anilines is 1. The van der Waals surface area contributed by atoms with Gasteiger partial charge in [-0.15, -0.1) is 11.8 Å². The maximum atomic E-state index is 12.3. The minimum Gasteiger partial charge on any atom is -0.489 e. The molecule has 0 saturated heterocycles. The van der Waals surface area contributed by atoms with Gasteiger partial charge in [0.25, 0.3) is 5.69 Å². The predicted molar refractivity (Wildman–Crippen MR) is 109 cm³/mol. The smallest absolute Gasteiger partial charge is 0.269 e. The van der Waals surface area contributed by atoms with Crippen molar-refractivity contribution in [2.45, 2.75) is 37.0 Å². The fourth-order valence-electron chi connectivity index (χ4n) is 3.14. The molecule has 0 bridgehead atoms. The SMILES string of the molecule is O=C(CSc1ccc([N+](=O)[O-])cc1)Nc1ncccc1OCC1CCCCC1. The first kappa shape index (κ1) is 20.1. The summed E-state index contributed by atoms with van der Waals surface area (Å²) in [5.41, 5.74) is 0.0297. The lowest BCUT2D eigenvalue weighted by molar-refractivity contribution is -0.384. The summed E-state index contributed by atoms with van der Waals surface area (Å²) in [5.74, 6) is 1.55. The summed E-state index contributed by atoms with van der Waals surface area (Å²) in [5, 5.41) is 13.5. The number of hydrogen-bond donors (Lipinski definition) is 1. The van der Waals surface area contributed by atoms with E-state index in [-0.39, 0.29) is 17.3 Å². The number of non-ortho nitro benzene ring substituents is 1. The second kappa shape index (κ2) is 10.1. The lowest BCUT2D eigenvalue weighted by Crippen LogP contribution is -2.18. The molecule has 1 aliphatic rings. The Bertz CT molecular complexity index is 807. The van der Waals surface area contributed by atoms with Gasteiger partial charge >= 0.3 is 0 Å². The standard InChI is InChI=1S/C20H23N3O4S/c24-19(14-28-17-10-8-16(9-11-17)23(25)26)22-20-18(7-4-12-21-20)27-13-15-5-2-1-3-6-15/h4,7-12,15H,1-3,5-6,13-14H2,(H,21,22,24). The maximum Gasteiger partial charge on any atom is 0.269 e. The molecule has 2 aromatic rings. The number of amides is 1. The topological polar surface area (TPSA) is 94.4 Å². The first-order valence-electron chi connectivity index (χ1n) is 9.37. The van der Waals surface area contributed by atoms with Crippen LogP contribution in [0.2, 0.25) is 0 Å². The van der Waals surface area contributed by atoms with Crippen LogP contribution in [0.25, 0.3) is 0 Å². The molecule has 1 N–H and O–H groups in total. The average molecular weight is 401 g/mol. The van der Waals surface area contributed by atoms with Gasteiger partial charge in [-0.1, -0.05) is 19.3 Å². The van der Waals surface area contributed by atoms with E-state index in [1.165, 1.54) is 56.0 Å². The summed E-state index contributed by atoms with van der Waals surface area (Å²) in [4.78, 5) is 27.5. The van der Waals surface area contributed by atoms with Crippen molar-refractivity contribution in [3.63, 3.8) is 0 Å². The van der Waals surface area contributed by atoms with Gasteiger partial charge in [-0.05, 0) is 43.0 Å². The van der Waals surface area contributed by atoms with Crippen LogP contribution in [0.5, 0.6) is 5.75 Å². The summed E-state index contributed by atoms with van der Waals surface area (Å²) in [6.45, 7) is 0.645. The van der Waals surface area contributed by atoms with Crippen LogP contribution >= 0.6 is 11.8 Å². The summed E-state index contributed by atoms with van der Waals surface area (Å²) < 4.78 is 5.93. The molecule has 0 radical (unpaired) electrons. The molecule has 7 nitrogen and oxygen atoms in total. The Kier molecular flexibility index (Phi) is 7.25. The summed E-state index contributed by atoms with van der Waals surface area (Å²) in [6, 6.07) is 9.73. The van der Waals surface area contributed by atoms with Gasteiger partial charge in [0.1, 0.15) is 0 Å². The van der Waals surface area contributed by atoms with Crippen molar-refractivity contribution in [2.24, 2.45) is 5.92 Å². The highest BCUT2D eigenvalue weighted by molar-refractivity contribution is 8.00. The normalized spacial score (nSPS) is 14.4. The first-order chi connectivity index (χ1) is 13.6. The Hall–Kier alpha value is -2.61. The molecular formula is C20H23N3O4S. The molecule has 0 aliphatic heterocycles. The van der Waals surface area contributed by atoms with E-state index in [2.05, 4.69) is 10.3 Å². The third kappa shape index (κ3) is 5.95. The van der Waals surface area contributed by atoms with E-state index >= 15 is 0 Å². The monoisotopic (exact) mass is 401 g/mol. The highest BCUT2D eigenvalue weighted by atomic mass is 32.2. The molecular weight excluding hydrogens is 378 g/mol. The number of nitrogens with zero attached hydrogens (tertiary/aromatic N) is 2. The van der Waals surface area contributed by atoms with E-state index in [1.807, 2.05) is 6.07 Å². The van der Waals surface area contributed by atoms with Gasteiger partial charge in [0.05, 0.1) is 17.3 Å². The minimum atomic E-state index is -0.447. The van der Waals surface area contributed by atoms with Crippen LogP contribution in [-0.4, -0.2) is 28.2 Å². The largest absolute Gasteiger partial charge is 0.489 e. The van der Waals surface area contributed by atoms with Crippen LogP contribution in [0.3, 0.4) is 0 Å². The third-order valence-corrected chi connectivity index (χ3v) is 5.66. The Balaban J connectivity index is 1.51. The zero-order valence-electron chi connectivity index (χ0n) is 15.5. The second-order valence-electron chi connectivity index (χ2n) is 6.75. The van der Waals surface area contributed by atoms with E-state index in [1.54, 1.807) is 24.4 Å². The Morgan fingerprint density at radius 1 is 1.21 bits per heavy atom. The average Bonchev–Trinajstić information content (AvgIpc) is 2.72. The maximum absolute atomic E-state index is 12.3.